The summed E-state index contributed by atoms with van der Waals surface area (Å²) in [5.41, 5.74) is 6.25. The van der Waals surface area contributed by atoms with Gasteiger partial charge in [-0.15, -0.1) is 0 Å². The van der Waals surface area contributed by atoms with E-state index >= 15 is 0 Å². The molecule has 0 amide bonds. The highest BCUT2D eigenvalue weighted by Gasteiger charge is 2.24. The Morgan fingerprint density at radius 3 is 2.00 bits per heavy atom. The van der Waals surface area contributed by atoms with Gasteiger partial charge in [-0.3, -0.25) is 0 Å². The first kappa shape index (κ1) is 24.2. The van der Waals surface area contributed by atoms with Gasteiger partial charge in [0.25, 0.3) is 0 Å². The molecular formula is C44H24O2. The van der Waals surface area contributed by atoms with Gasteiger partial charge in [-0.2, -0.15) is 0 Å². The molecule has 0 N–H and O–H groups in total. The van der Waals surface area contributed by atoms with Crippen LogP contribution in [-0.4, -0.2) is 0 Å². The van der Waals surface area contributed by atoms with Crippen molar-refractivity contribution in [3.63, 3.8) is 0 Å². The van der Waals surface area contributed by atoms with Crippen LogP contribution in [0, 0.1) is 0 Å². The van der Waals surface area contributed by atoms with E-state index in [0.29, 0.717) is 0 Å². The van der Waals surface area contributed by atoms with Gasteiger partial charge in [-0.25, -0.2) is 0 Å². The first-order chi connectivity index (χ1) is 22.8. The molecule has 2 heterocycles. The van der Waals surface area contributed by atoms with E-state index in [1.54, 1.807) is 0 Å². The minimum atomic E-state index is 0.861. The van der Waals surface area contributed by atoms with E-state index in [9.17, 15) is 0 Å². The zero-order valence-electron chi connectivity index (χ0n) is 24.7. The molecule has 0 unspecified atom stereocenters. The van der Waals surface area contributed by atoms with Gasteiger partial charge >= 0.3 is 0 Å². The number of hydrogen-bond acceptors (Lipinski definition) is 2. The van der Waals surface area contributed by atoms with Gasteiger partial charge in [-0.1, -0.05) is 103 Å². The lowest BCUT2D eigenvalue weighted by Crippen LogP contribution is -1.98. The number of fused-ring (bicyclic) bond motifs is 12. The maximum atomic E-state index is 6.75. The number of rotatable bonds is 1. The highest BCUT2D eigenvalue weighted by Crippen LogP contribution is 2.51. The molecule has 2 nitrogen and oxygen atoms in total. The quantitative estimate of drug-likeness (QED) is 0.179. The average molecular weight is 585 g/mol. The van der Waals surface area contributed by atoms with Crippen LogP contribution in [-0.2, 0) is 0 Å². The lowest BCUT2D eigenvalue weighted by atomic mass is 9.88. The Bertz CT molecular complexity index is 2940. The summed E-state index contributed by atoms with van der Waals surface area (Å²) >= 11 is 0. The molecule has 10 aromatic rings. The van der Waals surface area contributed by atoms with Crippen molar-refractivity contribution in [3.05, 3.63) is 146 Å². The predicted octanol–water partition coefficient (Wildman–Crippen LogP) is 12.8. The van der Waals surface area contributed by atoms with Gasteiger partial charge in [0.05, 0.1) is 0 Å². The second kappa shape index (κ2) is 8.74. The summed E-state index contributed by atoms with van der Waals surface area (Å²) in [6.45, 7) is 0. The van der Waals surface area contributed by atoms with Crippen molar-refractivity contribution in [1.82, 2.24) is 0 Å². The van der Waals surface area contributed by atoms with E-state index in [1.807, 2.05) is 0 Å². The van der Waals surface area contributed by atoms with E-state index in [2.05, 4.69) is 146 Å². The van der Waals surface area contributed by atoms with Crippen molar-refractivity contribution >= 4 is 75.8 Å². The van der Waals surface area contributed by atoms with Gasteiger partial charge in [0.15, 0.2) is 0 Å². The average Bonchev–Trinajstić information content (AvgIpc) is 3.48. The first-order valence-electron chi connectivity index (χ1n) is 15.8. The van der Waals surface area contributed by atoms with Crippen molar-refractivity contribution in [3.8, 4) is 33.8 Å². The molecule has 0 aliphatic carbocycles. The van der Waals surface area contributed by atoms with E-state index in [1.165, 1.54) is 59.4 Å². The van der Waals surface area contributed by atoms with Crippen LogP contribution in [0.25, 0.3) is 98.1 Å². The van der Waals surface area contributed by atoms with Crippen LogP contribution in [0.2, 0.25) is 0 Å². The van der Waals surface area contributed by atoms with Gasteiger partial charge in [0, 0.05) is 27.3 Å². The third-order valence-electron chi connectivity index (χ3n) is 9.98. The molecule has 0 atom stereocenters. The molecule has 1 aliphatic heterocycles. The third kappa shape index (κ3) is 3.20. The van der Waals surface area contributed by atoms with Crippen LogP contribution in [0.1, 0.15) is 0 Å². The Morgan fingerprint density at radius 1 is 0.348 bits per heavy atom. The largest absolute Gasteiger partial charge is 0.456 e. The van der Waals surface area contributed by atoms with Crippen molar-refractivity contribution in [2.24, 2.45) is 0 Å². The highest BCUT2D eigenvalue weighted by molar-refractivity contribution is 6.25. The number of furan rings is 1. The normalized spacial score (nSPS) is 12.5. The Labute approximate surface area is 263 Å². The lowest BCUT2D eigenvalue weighted by molar-refractivity contribution is 0.487. The maximum absolute atomic E-state index is 6.75. The fourth-order valence-electron chi connectivity index (χ4n) is 7.87. The summed E-state index contributed by atoms with van der Waals surface area (Å²) in [5.74, 6) is 1.76. The van der Waals surface area contributed by atoms with Crippen molar-refractivity contribution < 1.29 is 9.15 Å². The fourth-order valence-corrected chi connectivity index (χ4v) is 7.87. The summed E-state index contributed by atoms with van der Waals surface area (Å²) < 4.78 is 13.5. The smallest absolute Gasteiger partial charge is 0.143 e. The Morgan fingerprint density at radius 2 is 1.11 bits per heavy atom. The zero-order valence-corrected chi connectivity index (χ0v) is 24.7. The minimum absolute atomic E-state index is 0.861. The highest BCUT2D eigenvalue weighted by atomic mass is 16.5. The first-order valence-corrected chi connectivity index (χ1v) is 15.8. The van der Waals surface area contributed by atoms with E-state index in [0.717, 1.165) is 50.1 Å². The van der Waals surface area contributed by atoms with Crippen molar-refractivity contribution in [2.45, 2.75) is 0 Å². The lowest BCUT2D eigenvalue weighted by Gasteiger charge is -2.23. The molecule has 0 spiro atoms. The molecule has 2 heteroatoms. The molecule has 11 rings (SSSR count). The van der Waals surface area contributed by atoms with Gasteiger partial charge in [0.1, 0.15) is 22.7 Å². The molecule has 1 aromatic heterocycles. The number of benzene rings is 9. The predicted molar refractivity (Wildman–Crippen MR) is 192 cm³/mol. The maximum Gasteiger partial charge on any atom is 0.143 e. The van der Waals surface area contributed by atoms with Crippen LogP contribution in [0.3, 0.4) is 0 Å². The zero-order chi connectivity index (χ0) is 29.9. The molecular weight excluding hydrogens is 560 g/mol. The summed E-state index contributed by atoms with van der Waals surface area (Å²) in [4.78, 5) is 0. The summed E-state index contributed by atoms with van der Waals surface area (Å²) in [6, 6.07) is 52.4. The third-order valence-corrected chi connectivity index (χ3v) is 9.98. The monoisotopic (exact) mass is 584 g/mol. The van der Waals surface area contributed by atoms with Crippen LogP contribution in [0.5, 0.6) is 11.5 Å². The molecule has 1 aliphatic rings. The molecule has 9 aromatic carbocycles. The van der Waals surface area contributed by atoms with Gasteiger partial charge in [0.2, 0.25) is 0 Å². The molecule has 212 valence electrons. The standard InChI is InChI=1S/C44H24O2/c1-2-10-27-22-41-38(20-26(27)9-1)43-31-13-6-4-11-28(31)21-35(44(43)46-41)29-17-19-33-37-24-36-30-12-5-3-8-25(30)16-18-32(36)34-14-7-15-39(42(34)37)45-40(33)23-29/h1-24H. The van der Waals surface area contributed by atoms with Crippen LogP contribution < -0.4 is 4.74 Å². The molecule has 0 saturated carbocycles. The van der Waals surface area contributed by atoms with Crippen molar-refractivity contribution in [2.75, 3.05) is 0 Å². The molecule has 0 fully saturated rings. The van der Waals surface area contributed by atoms with Gasteiger partial charge < -0.3 is 9.15 Å². The summed E-state index contributed by atoms with van der Waals surface area (Å²) in [7, 11) is 0. The van der Waals surface area contributed by atoms with E-state index in [4.69, 9.17) is 9.15 Å². The molecule has 0 bridgehead atoms. The number of ether oxygens (including phenoxy) is 1. The fraction of sp³-hybridized carbons (Fsp3) is 0. The van der Waals surface area contributed by atoms with E-state index < -0.39 is 0 Å². The Balaban J connectivity index is 1.19. The van der Waals surface area contributed by atoms with Gasteiger partial charge in [-0.05, 0) is 102 Å². The topological polar surface area (TPSA) is 22.4 Å². The molecule has 0 saturated heterocycles. The number of hydrogen-bond donors (Lipinski definition) is 0. The van der Waals surface area contributed by atoms with Crippen molar-refractivity contribution in [1.29, 1.82) is 0 Å². The SMILES string of the molecule is c1ccc2cc3c(cc2c1)oc1c(-c2ccc4c(c2)Oc2cccc5c2c-4cc2c4ccccc4ccc52)cc2ccccc2c13. The molecule has 0 radical (unpaired) electrons. The Hall–Kier alpha value is -6.12. The molecule has 46 heavy (non-hydrogen) atoms. The summed E-state index contributed by atoms with van der Waals surface area (Å²) in [6.07, 6.45) is 0. The van der Waals surface area contributed by atoms with Crippen LogP contribution in [0.15, 0.2) is 150 Å². The van der Waals surface area contributed by atoms with E-state index in [-0.39, 0.29) is 0 Å². The van der Waals surface area contributed by atoms with Crippen LogP contribution in [0.4, 0.5) is 0 Å². The second-order valence-electron chi connectivity index (χ2n) is 12.4. The summed E-state index contributed by atoms with van der Waals surface area (Å²) in [5, 5.41) is 14.5. The Kier molecular flexibility index (Phi) is 4.61. The second-order valence-corrected chi connectivity index (χ2v) is 12.4. The van der Waals surface area contributed by atoms with Crippen LogP contribution >= 0.6 is 0 Å². The minimum Gasteiger partial charge on any atom is -0.456 e.